The summed E-state index contributed by atoms with van der Waals surface area (Å²) in [5.74, 6) is 1.34. The van der Waals surface area contributed by atoms with Crippen molar-refractivity contribution in [2.45, 2.75) is 33.6 Å². The summed E-state index contributed by atoms with van der Waals surface area (Å²) in [5, 5.41) is 8.13. The second-order valence-electron chi connectivity index (χ2n) is 8.59. The number of nitrogens with zero attached hydrogens (tertiary/aromatic N) is 3. The Bertz CT molecular complexity index is 1200. The second kappa shape index (κ2) is 6.30. The van der Waals surface area contributed by atoms with Gasteiger partial charge in [0, 0.05) is 12.1 Å². The van der Waals surface area contributed by atoms with Crippen LogP contribution in [0.25, 0.3) is 17.0 Å². The zero-order chi connectivity index (χ0) is 20.2. The molecule has 0 saturated heterocycles. The van der Waals surface area contributed by atoms with Crippen LogP contribution >= 0.6 is 0 Å². The molecule has 6 nitrogen and oxygen atoms in total. The molecule has 0 unspecified atom stereocenters. The number of aromatic nitrogens is 4. The Morgan fingerprint density at radius 3 is 2.59 bits per heavy atom. The van der Waals surface area contributed by atoms with Crippen molar-refractivity contribution in [2.75, 3.05) is 5.32 Å². The van der Waals surface area contributed by atoms with E-state index in [1.165, 1.54) is 5.56 Å². The van der Waals surface area contributed by atoms with Gasteiger partial charge in [-0.15, -0.1) is 5.10 Å². The third kappa shape index (κ3) is 3.10. The SMILES string of the molecule is Cc1ccc(Nc2nn(-c3nc4ccccc4[nH]3)c3c2C(=O)CC(C)(C)C3)cc1. The first-order valence-corrected chi connectivity index (χ1v) is 9.84. The number of anilines is 2. The number of nitrogens with one attached hydrogen (secondary N) is 2. The molecule has 0 amide bonds. The van der Waals surface area contributed by atoms with E-state index in [9.17, 15) is 4.79 Å². The van der Waals surface area contributed by atoms with Gasteiger partial charge in [0.15, 0.2) is 11.6 Å². The smallest absolute Gasteiger partial charge is 0.229 e. The van der Waals surface area contributed by atoms with Crippen molar-refractivity contribution in [3.63, 3.8) is 0 Å². The van der Waals surface area contributed by atoms with Crippen molar-refractivity contribution in [3.05, 3.63) is 65.4 Å². The number of rotatable bonds is 3. The van der Waals surface area contributed by atoms with Crippen molar-refractivity contribution in [1.29, 1.82) is 0 Å². The van der Waals surface area contributed by atoms with E-state index in [-0.39, 0.29) is 11.2 Å². The average Bonchev–Trinajstić information content (AvgIpc) is 3.24. The first kappa shape index (κ1) is 17.7. The lowest BCUT2D eigenvalue weighted by atomic mass is 9.76. The number of Topliss-reactive ketones (excluding diaryl/α,β-unsaturated/α-hetero) is 1. The zero-order valence-corrected chi connectivity index (χ0v) is 16.8. The molecule has 0 fully saturated rings. The quantitative estimate of drug-likeness (QED) is 0.523. The van der Waals surface area contributed by atoms with E-state index < -0.39 is 0 Å². The molecule has 0 saturated carbocycles. The van der Waals surface area contributed by atoms with Crippen LogP contribution in [-0.2, 0) is 6.42 Å². The third-order valence-electron chi connectivity index (χ3n) is 5.44. The van der Waals surface area contributed by atoms with Gasteiger partial charge < -0.3 is 10.3 Å². The topological polar surface area (TPSA) is 75.6 Å². The molecular weight excluding hydrogens is 362 g/mol. The molecule has 1 aliphatic rings. The molecular formula is C23H23N5O. The molecule has 2 aromatic heterocycles. The number of aromatic amines is 1. The molecule has 1 aliphatic carbocycles. The van der Waals surface area contributed by atoms with Crippen LogP contribution in [0.4, 0.5) is 11.5 Å². The number of carbonyl (C=O) groups excluding carboxylic acids is 1. The Morgan fingerprint density at radius 2 is 1.83 bits per heavy atom. The Morgan fingerprint density at radius 1 is 1.07 bits per heavy atom. The molecule has 0 bridgehead atoms. The summed E-state index contributed by atoms with van der Waals surface area (Å²) in [5.41, 5.74) is 5.37. The van der Waals surface area contributed by atoms with E-state index in [2.05, 4.69) is 24.1 Å². The van der Waals surface area contributed by atoms with Gasteiger partial charge >= 0.3 is 0 Å². The van der Waals surface area contributed by atoms with Gasteiger partial charge in [-0.05, 0) is 43.0 Å². The van der Waals surface area contributed by atoms with E-state index in [0.29, 0.717) is 23.8 Å². The van der Waals surface area contributed by atoms with Crippen LogP contribution < -0.4 is 5.32 Å². The average molecular weight is 385 g/mol. The van der Waals surface area contributed by atoms with Crippen LogP contribution in [0.15, 0.2) is 48.5 Å². The lowest BCUT2D eigenvalue weighted by molar-refractivity contribution is 0.0912. The monoisotopic (exact) mass is 385 g/mol. The maximum atomic E-state index is 13.1. The minimum atomic E-state index is -0.116. The highest BCUT2D eigenvalue weighted by atomic mass is 16.1. The molecule has 0 radical (unpaired) electrons. The minimum Gasteiger partial charge on any atom is -0.338 e. The van der Waals surface area contributed by atoms with Gasteiger partial charge in [-0.25, -0.2) is 9.67 Å². The van der Waals surface area contributed by atoms with Gasteiger partial charge in [-0.2, -0.15) is 0 Å². The molecule has 146 valence electrons. The van der Waals surface area contributed by atoms with Gasteiger partial charge in [0.1, 0.15) is 0 Å². The molecule has 2 heterocycles. The van der Waals surface area contributed by atoms with Crippen LogP contribution in [-0.4, -0.2) is 25.5 Å². The molecule has 0 atom stereocenters. The Balaban J connectivity index is 1.66. The molecule has 5 rings (SSSR count). The normalized spacial score (nSPS) is 15.5. The van der Waals surface area contributed by atoms with Crippen LogP contribution in [0.2, 0.25) is 0 Å². The van der Waals surface area contributed by atoms with Crippen molar-refractivity contribution in [3.8, 4) is 5.95 Å². The highest BCUT2D eigenvalue weighted by molar-refractivity contribution is 6.03. The number of benzene rings is 2. The number of aryl methyl sites for hydroxylation is 1. The number of carbonyl (C=O) groups is 1. The van der Waals surface area contributed by atoms with E-state index in [1.54, 1.807) is 4.68 Å². The lowest BCUT2D eigenvalue weighted by Crippen LogP contribution is -2.28. The van der Waals surface area contributed by atoms with Gasteiger partial charge in [0.2, 0.25) is 5.95 Å². The van der Waals surface area contributed by atoms with E-state index in [4.69, 9.17) is 10.1 Å². The summed E-state index contributed by atoms with van der Waals surface area (Å²) in [7, 11) is 0. The highest BCUT2D eigenvalue weighted by Gasteiger charge is 2.37. The Labute approximate surface area is 169 Å². The maximum absolute atomic E-state index is 13.1. The summed E-state index contributed by atoms with van der Waals surface area (Å²) in [4.78, 5) is 21.1. The number of hydrogen-bond acceptors (Lipinski definition) is 4. The largest absolute Gasteiger partial charge is 0.338 e. The number of hydrogen-bond donors (Lipinski definition) is 2. The van der Waals surface area contributed by atoms with Crippen LogP contribution in [0.5, 0.6) is 0 Å². The summed E-state index contributed by atoms with van der Waals surface area (Å²) in [6.07, 6.45) is 1.27. The molecule has 29 heavy (non-hydrogen) atoms. The third-order valence-corrected chi connectivity index (χ3v) is 5.44. The van der Waals surface area contributed by atoms with Crippen LogP contribution in [0, 0.1) is 12.3 Å². The van der Waals surface area contributed by atoms with Crippen LogP contribution in [0.3, 0.4) is 0 Å². The second-order valence-corrected chi connectivity index (χ2v) is 8.59. The van der Waals surface area contributed by atoms with Crippen molar-refractivity contribution < 1.29 is 4.79 Å². The Kier molecular flexibility index (Phi) is 3.84. The fraction of sp³-hybridized carbons (Fsp3) is 0.261. The number of imidazole rings is 1. The number of ketones is 1. The van der Waals surface area contributed by atoms with E-state index in [1.807, 2.05) is 55.5 Å². The van der Waals surface area contributed by atoms with Gasteiger partial charge in [-0.1, -0.05) is 43.7 Å². The molecule has 6 heteroatoms. The van der Waals surface area contributed by atoms with Crippen LogP contribution in [0.1, 0.15) is 41.9 Å². The first-order chi connectivity index (χ1) is 13.9. The van der Waals surface area contributed by atoms with Gasteiger partial charge in [0.25, 0.3) is 0 Å². The summed E-state index contributed by atoms with van der Waals surface area (Å²) >= 11 is 0. The predicted molar refractivity (Wildman–Crippen MR) is 114 cm³/mol. The standard InChI is InChI=1S/C23H23N5O/c1-14-8-10-15(11-9-14)24-21-20-18(12-23(2,3)13-19(20)29)28(27-21)22-25-16-6-4-5-7-17(16)26-22/h4-11H,12-13H2,1-3H3,(H,24,27)(H,25,26). The van der Waals surface area contributed by atoms with Gasteiger partial charge in [0.05, 0.1) is 22.3 Å². The maximum Gasteiger partial charge on any atom is 0.229 e. The number of fused-ring (bicyclic) bond motifs is 2. The zero-order valence-electron chi connectivity index (χ0n) is 16.8. The molecule has 0 aliphatic heterocycles. The van der Waals surface area contributed by atoms with E-state index in [0.717, 1.165) is 28.8 Å². The lowest BCUT2D eigenvalue weighted by Gasteiger charge is -2.28. The first-order valence-electron chi connectivity index (χ1n) is 9.84. The van der Waals surface area contributed by atoms with Gasteiger partial charge in [-0.3, -0.25) is 4.79 Å². The summed E-state index contributed by atoms with van der Waals surface area (Å²) in [6.45, 7) is 6.29. The fourth-order valence-corrected chi connectivity index (χ4v) is 4.02. The van der Waals surface area contributed by atoms with Crippen molar-refractivity contribution in [1.82, 2.24) is 19.7 Å². The van der Waals surface area contributed by atoms with E-state index >= 15 is 0 Å². The summed E-state index contributed by atoms with van der Waals surface area (Å²) < 4.78 is 1.80. The van der Waals surface area contributed by atoms with Crippen molar-refractivity contribution in [2.24, 2.45) is 5.41 Å². The molecule has 2 N–H and O–H groups in total. The molecule has 0 spiro atoms. The Hall–Kier alpha value is -3.41. The molecule has 4 aromatic rings. The fourth-order valence-electron chi connectivity index (χ4n) is 4.02. The highest BCUT2D eigenvalue weighted by Crippen LogP contribution is 2.39. The molecule has 2 aromatic carbocycles. The number of para-hydroxylation sites is 2. The predicted octanol–water partition coefficient (Wildman–Crippen LogP) is 4.96. The number of H-pyrrole nitrogens is 1. The van der Waals surface area contributed by atoms with Crippen molar-refractivity contribution >= 4 is 28.3 Å². The summed E-state index contributed by atoms with van der Waals surface area (Å²) in [6, 6.07) is 16.0. The minimum absolute atomic E-state index is 0.116.